The Kier molecular flexibility index (Phi) is 6.41. The Morgan fingerprint density at radius 2 is 1.72 bits per heavy atom. The van der Waals surface area contributed by atoms with Gasteiger partial charge in [0.15, 0.2) is 11.5 Å². The molecule has 0 bridgehead atoms. The predicted octanol–water partition coefficient (Wildman–Crippen LogP) is 3.55. The summed E-state index contributed by atoms with van der Waals surface area (Å²) in [6, 6.07) is 8.96. The molecule has 132 valence electrons. The molecule has 0 aliphatic carbocycles. The lowest BCUT2D eigenvalue weighted by molar-refractivity contribution is 0.0954. The molecule has 0 saturated heterocycles. The summed E-state index contributed by atoms with van der Waals surface area (Å²) in [5, 5.41) is 4.02. The van der Waals surface area contributed by atoms with Crippen LogP contribution >= 0.6 is 15.9 Å². The molecule has 0 atom stereocenters. The van der Waals surface area contributed by atoms with Crippen molar-refractivity contribution in [2.75, 3.05) is 21.3 Å². The van der Waals surface area contributed by atoms with E-state index in [0.717, 1.165) is 15.6 Å². The van der Waals surface area contributed by atoms with E-state index in [-0.39, 0.29) is 5.91 Å². The second-order valence-electron chi connectivity index (χ2n) is 5.11. The van der Waals surface area contributed by atoms with Crippen molar-refractivity contribution in [1.82, 2.24) is 5.43 Å². The van der Waals surface area contributed by atoms with E-state index in [1.54, 1.807) is 18.3 Å². The number of hydrogen-bond donors (Lipinski definition) is 1. The van der Waals surface area contributed by atoms with Crippen LogP contribution in [-0.4, -0.2) is 33.5 Å². The normalized spacial score (nSPS) is 10.6. The first-order valence-corrected chi connectivity index (χ1v) is 8.19. The Morgan fingerprint density at radius 3 is 2.28 bits per heavy atom. The van der Waals surface area contributed by atoms with Crippen LogP contribution in [-0.2, 0) is 0 Å². The molecule has 2 aromatic carbocycles. The number of hydrazone groups is 1. The van der Waals surface area contributed by atoms with Crippen molar-refractivity contribution in [3.63, 3.8) is 0 Å². The molecule has 0 aromatic heterocycles. The zero-order valence-corrected chi connectivity index (χ0v) is 16.0. The number of nitrogens with zero attached hydrogens (tertiary/aromatic N) is 1. The molecule has 0 unspecified atom stereocenters. The Hall–Kier alpha value is -2.54. The Labute approximate surface area is 154 Å². The number of carbonyl (C=O) groups is 1. The molecule has 1 N–H and O–H groups in total. The van der Waals surface area contributed by atoms with Gasteiger partial charge in [0.1, 0.15) is 0 Å². The van der Waals surface area contributed by atoms with E-state index in [0.29, 0.717) is 22.8 Å². The maximum absolute atomic E-state index is 12.3. The maximum atomic E-state index is 12.3. The summed E-state index contributed by atoms with van der Waals surface area (Å²) in [4.78, 5) is 12.3. The van der Waals surface area contributed by atoms with Crippen LogP contribution in [0, 0.1) is 6.92 Å². The van der Waals surface area contributed by atoms with Gasteiger partial charge < -0.3 is 14.2 Å². The fraction of sp³-hybridized carbons (Fsp3) is 0.222. The van der Waals surface area contributed by atoms with Gasteiger partial charge in [0.2, 0.25) is 5.75 Å². The van der Waals surface area contributed by atoms with Crippen LogP contribution in [0.3, 0.4) is 0 Å². The van der Waals surface area contributed by atoms with Gasteiger partial charge in [-0.1, -0.05) is 22.0 Å². The lowest BCUT2D eigenvalue weighted by atomic mass is 10.1. The van der Waals surface area contributed by atoms with Crippen LogP contribution in [0.5, 0.6) is 17.2 Å². The molecule has 2 aromatic rings. The summed E-state index contributed by atoms with van der Waals surface area (Å²) in [6.45, 7) is 1.97. The number of carbonyl (C=O) groups excluding carboxylic acids is 1. The van der Waals surface area contributed by atoms with Crippen molar-refractivity contribution in [3.8, 4) is 17.2 Å². The first-order chi connectivity index (χ1) is 12.0. The highest BCUT2D eigenvalue weighted by atomic mass is 79.9. The molecule has 25 heavy (non-hydrogen) atoms. The van der Waals surface area contributed by atoms with Crippen molar-refractivity contribution in [2.24, 2.45) is 5.10 Å². The zero-order chi connectivity index (χ0) is 18.4. The second kappa shape index (κ2) is 8.53. The molecule has 0 radical (unpaired) electrons. The number of halogens is 1. The molecular weight excluding hydrogens is 388 g/mol. The number of aryl methyl sites for hydroxylation is 1. The van der Waals surface area contributed by atoms with E-state index >= 15 is 0 Å². The van der Waals surface area contributed by atoms with Crippen molar-refractivity contribution < 1.29 is 19.0 Å². The summed E-state index contributed by atoms with van der Waals surface area (Å²) in [7, 11) is 4.49. The molecule has 6 nitrogen and oxygen atoms in total. The monoisotopic (exact) mass is 406 g/mol. The molecule has 2 rings (SSSR count). The third kappa shape index (κ3) is 4.51. The Balaban J connectivity index is 2.20. The molecular formula is C18H19BrN2O4. The fourth-order valence-electron chi connectivity index (χ4n) is 2.19. The van der Waals surface area contributed by atoms with Crippen LogP contribution in [0.15, 0.2) is 39.9 Å². The topological polar surface area (TPSA) is 69.2 Å². The van der Waals surface area contributed by atoms with Gasteiger partial charge in [-0.25, -0.2) is 5.43 Å². The summed E-state index contributed by atoms with van der Waals surface area (Å²) in [5.74, 6) is 0.843. The minimum absolute atomic E-state index is 0.345. The standard InChI is InChI=1S/C18H19BrN2O4/c1-11-5-6-14(19)7-13(11)10-20-21-18(22)12-8-15(23-2)17(25-4)16(9-12)24-3/h5-10H,1-4H3,(H,21,22). The number of ether oxygens (including phenoxy) is 3. The summed E-state index contributed by atoms with van der Waals surface area (Å²) < 4.78 is 16.7. The van der Waals surface area contributed by atoms with Crippen LogP contribution < -0.4 is 19.6 Å². The Morgan fingerprint density at radius 1 is 1.08 bits per heavy atom. The van der Waals surface area contributed by atoms with Crippen LogP contribution in [0.2, 0.25) is 0 Å². The van der Waals surface area contributed by atoms with Crippen LogP contribution in [0.25, 0.3) is 0 Å². The van der Waals surface area contributed by atoms with Gasteiger partial charge in [-0.05, 0) is 42.3 Å². The lowest BCUT2D eigenvalue weighted by Crippen LogP contribution is -2.18. The lowest BCUT2D eigenvalue weighted by Gasteiger charge is -2.13. The van der Waals surface area contributed by atoms with Gasteiger partial charge in [0.05, 0.1) is 27.5 Å². The summed E-state index contributed by atoms with van der Waals surface area (Å²) in [6.07, 6.45) is 1.59. The third-order valence-electron chi connectivity index (χ3n) is 3.54. The minimum Gasteiger partial charge on any atom is -0.493 e. The number of rotatable bonds is 6. The number of nitrogens with one attached hydrogen (secondary N) is 1. The number of methoxy groups -OCH3 is 3. The smallest absolute Gasteiger partial charge is 0.271 e. The highest BCUT2D eigenvalue weighted by molar-refractivity contribution is 9.10. The first-order valence-electron chi connectivity index (χ1n) is 7.39. The number of amides is 1. The van der Waals surface area contributed by atoms with Gasteiger partial charge >= 0.3 is 0 Å². The van der Waals surface area contributed by atoms with E-state index in [1.807, 2.05) is 25.1 Å². The molecule has 0 saturated carbocycles. The van der Waals surface area contributed by atoms with E-state index in [9.17, 15) is 4.79 Å². The van der Waals surface area contributed by atoms with Crippen LogP contribution in [0.4, 0.5) is 0 Å². The largest absolute Gasteiger partial charge is 0.493 e. The number of hydrogen-bond acceptors (Lipinski definition) is 5. The molecule has 0 heterocycles. The van der Waals surface area contributed by atoms with Crippen molar-refractivity contribution in [1.29, 1.82) is 0 Å². The molecule has 0 aliphatic rings. The summed E-state index contributed by atoms with van der Waals surface area (Å²) >= 11 is 3.41. The quantitative estimate of drug-likeness (QED) is 0.588. The van der Waals surface area contributed by atoms with E-state index < -0.39 is 0 Å². The van der Waals surface area contributed by atoms with Crippen molar-refractivity contribution in [2.45, 2.75) is 6.92 Å². The molecule has 1 amide bonds. The fourth-order valence-corrected chi connectivity index (χ4v) is 2.57. The first kappa shape index (κ1) is 18.8. The molecule has 0 fully saturated rings. The van der Waals surface area contributed by atoms with E-state index in [1.165, 1.54) is 21.3 Å². The molecule has 0 spiro atoms. The van der Waals surface area contributed by atoms with E-state index in [2.05, 4.69) is 26.5 Å². The average molecular weight is 407 g/mol. The molecule has 0 aliphatic heterocycles. The highest BCUT2D eigenvalue weighted by Crippen LogP contribution is 2.38. The minimum atomic E-state index is -0.386. The number of benzene rings is 2. The highest BCUT2D eigenvalue weighted by Gasteiger charge is 2.16. The SMILES string of the molecule is COc1cc(C(=O)NN=Cc2cc(Br)ccc2C)cc(OC)c1OC. The van der Waals surface area contributed by atoms with Gasteiger partial charge in [-0.3, -0.25) is 4.79 Å². The Bertz CT molecular complexity index is 781. The van der Waals surface area contributed by atoms with Gasteiger partial charge in [0, 0.05) is 10.0 Å². The predicted molar refractivity (Wildman–Crippen MR) is 100 cm³/mol. The maximum Gasteiger partial charge on any atom is 0.271 e. The van der Waals surface area contributed by atoms with Crippen LogP contribution in [0.1, 0.15) is 21.5 Å². The molecule has 7 heteroatoms. The second-order valence-corrected chi connectivity index (χ2v) is 6.03. The zero-order valence-electron chi connectivity index (χ0n) is 14.4. The van der Waals surface area contributed by atoms with Crippen molar-refractivity contribution >= 4 is 28.1 Å². The van der Waals surface area contributed by atoms with Gasteiger partial charge in [-0.2, -0.15) is 5.10 Å². The van der Waals surface area contributed by atoms with E-state index in [4.69, 9.17) is 14.2 Å². The summed E-state index contributed by atoms with van der Waals surface area (Å²) in [5.41, 5.74) is 4.79. The van der Waals surface area contributed by atoms with Gasteiger partial charge in [0.25, 0.3) is 5.91 Å². The third-order valence-corrected chi connectivity index (χ3v) is 4.03. The van der Waals surface area contributed by atoms with Gasteiger partial charge in [-0.15, -0.1) is 0 Å². The van der Waals surface area contributed by atoms with Crippen molar-refractivity contribution in [3.05, 3.63) is 51.5 Å². The average Bonchev–Trinajstić information content (AvgIpc) is 2.62.